The number of allylic oxidation sites excluding steroid dienone is 1. The molecule has 4 nitrogen and oxygen atoms in total. The van der Waals surface area contributed by atoms with Crippen LogP contribution in [-0.2, 0) is 5.92 Å². The number of halogens is 5. The Labute approximate surface area is 179 Å². The highest BCUT2D eigenvalue weighted by atomic mass is 79.9. The van der Waals surface area contributed by atoms with E-state index in [9.17, 15) is 18.7 Å². The smallest absolute Gasteiger partial charge is 0.314 e. The van der Waals surface area contributed by atoms with Gasteiger partial charge in [0.05, 0.1) is 21.8 Å². The van der Waals surface area contributed by atoms with Gasteiger partial charge in [0.15, 0.2) is 0 Å². The number of rotatable bonds is 5. The Morgan fingerprint density at radius 3 is 2.40 bits per heavy atom. The summed E-state index contributed by atoms with van der Waals surface area (Å²) in [6.07, 6.45) is 0.0680. The first-order valence-electron chi connectivity index (χ1n) is 9.16. The van der Waals surface area contributed by atoms with Gasteiger partial charge in [0.25, 0.3) is 5.91 Å². The van der Waals surface area contributed by atoms with Crippen molar-refractivity contribution >= 4 is 27.5 Å². The second-order valence-electron chi connectivity index (χ2n) is 7.02. The molecule has 0 spiro atoms. The number of carbonyl (C=O) groups is 1. The summed E-state index contributed by atoms with van der Waals surface area (Å²) in [6, 6.07) is 6.42. The molecule has 0 atom stereocenters. The monoisotopic (exact) mass is 486 g/mol. The lowest BCUT2D eigenvalue weighted by molar-refractivity contribution is -0.00882. The van der Waals surface area contributed by atoms with Crippen molar-refractivity contribution in [3.63, 3.8) is 0 Å². The summed E-state index contributed by atoms with van der Waals surface area (Å²) in [5.74, 6) is -6.20. The summed E-state index contributed by atoms with van der Waals surface area (Å²) >= 11 is 2.99. The largest absolute Gasteiger partial charge is 0.393 e. The fourth-order valence-electron chi connectivity index (χ4n) is 3.17. The van der Waals surface area contributed by atoms with Crippen molar-refractivity contribution in [2.24, 2.45) is 0 Å². The first-order valence-corrected chi connectivity index (χ1v) is 9.95. The topological polar surface area (TPSA) is 52.6 Å². The number of amides is 1. The van der Waals surface area contributed by atoms with Crippen LogP contribution in [0.15, 0.2) is 53.1 Å². The lowest BCUT2D eigenvalue weighted by Gasteiger charge is -2.36. The van der Waals surface area contributed by atoms with Gasteiger partial charge in [-0.2, -0.15) is 8.78 Å². The third-order valence-corrected chi connectivity index (χ3v) is 5.56. The molecule has 30 heavy (non-hydrogen) atoms. The van der Waals surface area contributed by atoms with Crippen LogP contribution in [0.4, 0.5) is 23.2 Å². The summed E-state index contributed by atoms with van der Waals surface area (Å²) in [5.41, 5.74) is -1.50. The Morgan fingerprint density at radius 2 is 1.77 bits per heavy atom. The van der Waals surface area contributed by atoms with Crippen molar-refractivity contribution in [1.29, 1.82) is 0 Å². The van der Waals surface area contributed by atoms with E-state index in [0.29, 0.717) is 12.8 Å². The van der Waals surface area contributed by atoms with Crippen LogP contribution in [0.3, 0.4) is 0 Å². The van der Waals surface area contributed by atoms with Crippen LogP contribution in [0.25, 0.3) is 0 Å². The van der Waals surface area contributed by atoms with Gasteiger partial charge in [-0.1, -0.05) is 6.58 Å². The van der Waals surface area contributed by atoms with Gasteiger partial charge < -0.3 is 15.3 Å². The van der Waals surface area contributed by atoms with E-state index < -0.39 is 40.8 Å². The van der Waals surface area contributed by atoms with Gasteiger partial charge in [0.2, 0.25) is 0 Å². The maximum atomic E-state index is 15.0. The molecular formula is C21H19BrF4N2O2. The second-order valence-corrected chi connectivity index (χ2v) is 7.87. The minimum Gasteiger partial charge on any atom is -0.393 e. The first-order chi connectivity index (χ1) is 14.1. The lowest BCUT2D eigenvalue weighted by Crippen LogP contribution is -2.40. The lowest BCUT2D eigenvalue weighted by atomic mass is 9.99. The second kappa shape index (κ2) is 8.77. The number of anilines is 1. The molecule has 9 heteroatoms. The van der Waals surface area contributed by atoms with E-state index in [-0.39, 0.29) is 28.8 Å². The fraction of sp³-hybridized carbons (Fsp3) is 0.286. The number of alkyl halides is 2. The Kier molecular flexibility index (Phi) is 6.52. The predicted molar refractivity (Wildman–Crippen MR) is 108 cm³/mol. The third-order valence-electron chi connectivity index (χ3n) is 4.95. The summed E-state index contributed by atoms with van der Waals surface area (Å²) in [7, 11) is 0. The summed E-state index contributed by atoms with van der Waals surface area (Å²) in [5, 5.41) is 12.0. The van der Waals surface area contributed by atoms with Gasteiger partial charge in [-0.05, 0) is 65.2 Å². The van der Waals surface area contributed by atoms with Crippen molar-refractivity contribution in [3.8, 4) is 0 Å². The number of hydrogen-bond acceptors (Lipinski definition) is 3. The molecule has 1 aliphatic heterocycles. The molecule has 1 amide bonds. The molecule has 160 valence electrons. The van der Waals surface area contributed by atoms with Gasteiger partial charge in [0, 0.05) is 24.3 Å². The number of nitrogens with zero attached hydrogens (tertiary/aromatic N) is 1. The molecule has 1 heterocycles. The molecule has 2 aromatic carbocycles. The molecule has 1 fully saturated rings. The Balaban J connectivity index is 1.83. The van der Waals surface area contributed by atoms with Crippen LogP contribution in [0.2, 0.25) is 0 Å². The SMILES string of the molecule is C=C(N1CCC(O)CC1)C(F)(F)c1cc(C(=O)Nc2ccc(F)c(Br)c2)ccc1F. The molecule has 2 N–H and O–H groups in total. The van der Waals surface area contributed by atoms with E-state index >= 15 is 8.78 Å². The van der Waals surface area contributed by atoms with E-state index in [1.165, 1.54) is 17.0 Å². The van der Waals surface area contributed by atoms with Crippen molar-refractivity contribution in [1.82, 2.24) is 4.90 Å². The van der Waals surface area contributed by atoms with Gasteiger partial charge in [0.1, 0.15) is 11.6 Å². The minimum absolute atomic E-state index is 0.120. The van der Waals surface area contributed by atoms with Crippen molar-refractivity contribution in [3.05, 3.63) is 75.9 Å². The number of aliphatic hydroxyl groups is 1. The van der Waals surface area contributed by atoms with Crippen molar-refractivity contribution in [2.75, 3.05) is 18.4 Å². The van der Waals surface area contributed by atoms with Crippen LogP contribution >= 0.6 is 15.9 Å². The zero-order valence-electron chi connectivity index (χ0n) is 15.8. The molecule has 0 aromatic heterocycles. The highest BCUT2D eigenvalue weighted by Crippen LogP contribution is 2.39. The van der Waals surface area contributed by atoms with Crippen molar-refractivity contribution < 1.29 is 27.5 Å². The predicted octanol–water partition coefficient (Wildman–Crippen LogP) is 5.04. The zero-order valence-corrected chi connectivity index (χ0v) is 17.4. The van der Waals surface area contributed by atoms with Gasteiger partial charge in [-0.3, -0.25) is 4.79 Å². The van der Waals surface area contributed by atoms with Crippen LogP contribution in [0, 0.1) is 11.6 Å². The van der Waals surface area contributed by atoms with E-state index in [1.807, 2.05) is 0 Å². The van der Waals surface area contributed by atoms with Crippen LogP contribution in [-0.4, -0.2) is 35.1 Å². The summed E-state index contributed by atoms with van der Waals surface area (Å²) < 4.78 is 57.8. The average molecular weight is 487 g/mol. The number of piperidine rings is 1. The molecular weight excluding hydrogens is 468 g/mol. The van der Waals surface area contributed by atoms with Gasteiger partial charge in [-0.25, -0.2) is 8.78 Å². The quantitative estimate of drug-likeness (QED) is 0.582. The number of benzene rings is 2. The third kappa shape index (κ3) is 4.67. The zero-order chi connectivity index (χ0) is 22.1. The number of carbonyl (C=O) groups excluding carboxylic acids is 1. The van der Waals surface area contributed by atoms with E-state index in [1.54, 1.807) is 0 Å². The Bertz CT molecular complexity index is 975. The van der Waals surface area contributed by atoms with Crippen LogP contribution in [0.1, 0.15) is 28.8 Å². The molecule has 1 aliphatic rings. The molecule has 0 bridgehead atoms. The standard InChI is InChI=1S/C21H19BrF4N2O2/c1-12(28-8-6-15(29)7-9-28)21(25,26)16-10-13(2-4-18(16)23)20(30)27-14-3-5-19(24)17(22)11-14/h2-5,10-11,15,29H,1,6-9H2,(H,27,30). The van der Waals surface area contributed by atoms with E-state index in [2.05, 4.69) is 27.8 Å². The first kappa shape index (κ1) is 22.3. The number of aliphatic hydroxyl groups excluding tert-OH is 1. The van der Waals surface area contributed by atoms with Crippen LogP contribution < -0.4 is 5.32 Å². The van der Waals surface area contributed by atoms with E-state index in [0.717, 1.165) is 24.3 Å². The molecule has 3 rings (SSSR count). The van der Waals surface area contributed by atoms with Crippen LogP contribution in [0.5, 0.6) is 0 Å². The highest BCUT2D eigenvalue weighted by molar-refractivity contribution is 9.10. The van der Waals surface area contributed by atoms with Gasteiger partial charge in [-0.15, -0.1) is 0 Å². The molecule has 2 aromatic rings. The normalized spacial score (nSPS) is 15.2. The maximum absolute atomic E-state index is 15.0. The molecule has 0 unspecified atom stereocenters. The average Bonchev–Trinajstić information content (AvgIpc) is 2.71. The molecule has 0 aliphatic carbocycles. The Morgan fingerprint density at radius 1 is 1.13 bits per heavy atom. The van der Waals surface area contributed by atoms with E-state index in [4.69, 9.17) is 0 Å². The number of likely N-dealkylation sites (tertiary alicyclic amines) is 1. The fourth-order valence-corrected chi connectivity index (χ4v) is 3.55. The number of hydrogen-bond donors (Lipinski definition) is 2. The summed E-state index contributed by atoms with van der Waals surface area (Å²) in [6.45, 7) is 3.79. The molecule has 0 radical (unpaired) electrons. The maximum Gasteiger partial charge on any atom is 0.314 e. The summed E-state index contributed by atoms with van der Waals surface area (Å²) in [4.78, 5) is 13.8. The van der Waals surface area contributed by atoms with Gasteiger partial charge >= 0.3 is 5.92 Å². The van der Waals surface area contributed by atoms with Crippen molar-refractivity contribution in [2.45, 2.75) is 24.9 Å². The highest BCUT2D eigenvalue weighted by Gasteiger charge is 2.41. The Hall–Kier alpha value is -2.39. The number of nitrogens with one attached hydrogen (secondary N) is 1. The molecule has 1 saturated heterocycles. The minimum atomic E-state index is -3.75. The molecule has 0 saturated carbocycles.